The van der Waals surface area contributed by atoms with E-state index < -0.39 is 5.97 Å². The average molecular weight is 289 g/mol. The first-order valence-electron chi connectivity index (χ1n) is 7.16. The summed E-state index contributed by atoms with van der Waals surface area (Å²) in [6, 6.07) is 5.18. The monoisotopic (exact) mass is 289 g/mol. The number of hydrogen-bond acceptors (Lipinski definition) is 4. The van der Waals surface area contributed by atoms with Gasteiger partial charge < -0.3 is 9.84 Å². The lowest BCUT2D eigenvalue weighted by Gasteiger charge is -2.26. The van der Waals surface area contributed by atoms with E-state index in [1.54, 1.807) is 12.1 Å². The summed E-state index contributed by atoms with van der Waals surface area (Å²) in [6.07, 6.45) is 0. The molecule has 6 heteroatoms. The van der Waals surface area contributed by atoms with E-state index in [0.717, 1.165) is 56.0 Å². The molecule has 0 amide bonds. The molecule has 1 aromatic heterocycles. The number of carboxylic acids is 1. The van der Waals surface area contributed by atoms with E-state index in [-0.39, 0.29) is 0 Å². The third-order valence-corrected chi connectivity index (χ3v) is 3.91. The van der Waals surface area contributed by atoms with Crippen LogP contribution < -0.4 is 0 Å². The van der Waals surface area contributed by atoms with Crippen LogP contribution >= 0.6 is 0 Å². The Kier molecular flexibility index (Phi) is 3.90. The lowest BCUT2D eigenvalue weighted by atomic mass is 10.1. The Morgan fingerprint density at radius 1 is 1.33 bits per heavy atom. The van der Waals surface area contributed by atoms with Gasteiger partial charge in [0.2, 0.25) is 0 Å². The number of hydrogen-bond donors (Lipinski definition) is 1. The van der Waals surface area contributed by atoms with Crippen LogP contribution in [0.15, 0.2) is 18.2 Å². The van der Waals surface area contributed by atoms with Gasteiger partial charge in [-0.2, -0.15) is 5.10 Å². The first-order valence-corrected chi connectivity index (χ1v) is 7.16. The molecule has 0 aliphatic carbocycles. The highest BCUT2D eigenvalue weighted by molar-refractivity contribution is 5.93. The molecule has 6 nitrogen and oxygen atoms in total. The molecule has 1 aliphatic heterocycles. The number of ether oxygens (including phenoxy) is 1. The minimum Gasteiger partial charge on any atom is -0.478 e. The Labute approximate surface area is 122 Å². The van der Waals surface area contributed by atoms with Gasteiger partial charge in [0.15, 0.2) is 0 Å². The summed E-state index contributed by atoms with van der Waals surface area (Å²) in [5.41, 5.74) is 2.12. The van der Waals surface area contributed by atoms with Gasteiger partial charge in [0.1, 0.15) is 0 Å². The zero-order chi connectivity index (χ0) is 14.8. The molecular formula is C15H19N3O3. The van der Waals surface area contributed by atoms with Crippen LogP contribution in [0.5, 0.6) is 0 Å². The highest BCUT2D eigenvalue weighted by atomic mass is 16.5. The van der Waals surface area contributed by atoms with E-state index >= 15 is 0 Å². The van der Waals surface area contributed by atoms with Crippen molar-refractivity contribution >= 4 is 16.9 Å². The normalized spacial score (nSPS) is 16.4. The lowest BCUT2D eigenvalue weighted by molar-refractivity contribution is 0.0361. The number of carboxylic acid groups (broad SMARTS) is 1. The van der Waals surface area contributed by atoms with Crippen LogP contribution in [0.2, 0.25) is 0 Å². The topological polar surface area (TPSA) is 67.6 Å². The minimum atomic E-state index is -0.907. The van der Waals surface area contributed by atoms with Gasteiger partial charge in [-0.15, -0.1) is 0 Å². The lowest BCUT2D eigenvalue weighted by Crippen LogP contribution is -2.38. The van der Waals surface area contributed by atoms with E-state index in [9.17, 15) is 4.79 Å². The van der Waals surface area contributed by atoms with Crippen molar-refractivity contribution in [3.8, 4) is 0 Å². The Bertz CT molecular complexity index is 659. The van der Waals surface area contributed by atoms with Crippen molar-refractivity contribution in [1.29, 1.82) is 0 Å². The SMILES string of the molecule is Cc1nn(CCN2CCOCC2)c2cc(C(=O)O)ccc12. The van der Waals surface area contributed by atoms with Gasteiger partial charge in [0, 0.05) is 25.0 Å². The molecule has 1 saturated heterocycles. The second kappa shape index (κ2) is 5.83. The fourth-order valence-electron chi connectivity index (χ4n) is 2.70. The van der Waals surface area contributed by atoms with Crippen molar-refractivity contribution in [3.05, 3.63) is 29.5 Å². The molecule has 1 aliphatic rings. The van der Waals surface area contributed by atoms with Crippen LogP contribution in [0, 0.1) is 6.92 Å². The van der Waals surface area contributed by atoms with E-state index in [2.05, 4.69) is 10.00 Å². The van der Waals surface area contributed by atoms with Crippen LogP contribution in [0.1, 0.15) is 16.1 Å². The summed E-state index contributed by atoms with van der Waals surface area (Å²) in [4.78, 5) is 13.5. The van der Waals surface area contributed by atoms with Gasteiger partial charge in [-0.1, -0.05) is 6.07 Å². The Morgan fingerprint density at radius 2 is 2.10 bits per heavy atom. The summed E-state index contributed by atoms with van der Waals surface area (Å²) < 4.78 is 7.25. The minimum absolute atomic E-state index is 0.301. The zero-order valence-electron chi connectivity index (χ0n) is 12.1. The fourth-order valence-corrected chi connectivity index (χ4v) is 2.70. The number of aromatic carboxylic acids is 1. The van der Waals surface area contributed by atoms with Gasteiger partial charge in [-0.05, 0) is 19.1 Å². The van der Waals surface area contributed by atoms with Gasteiger partial charge in [-0.3, -0.25) is 9.58 Å². The summed E-state index contributed by atoms with van der Waals surface area (Å²) in [7, 11) is 0. The number of nitrogens with zero attached hydrogens (tertiary/aromatic N) is 3. The number of carbonyl (C=O) groups is 1. The molecule has 0 spiro atoms. The largest absolute Gasteiger partial charge is 0.478 e. The summed E-state index contributed by atoms with van der Waals surface area (Å²) in [5.74, 6) is -0.907. The van der Waals surface area contributed by atoms with Crippen molar-refractivity contribution < 1.29 is 14.6 Å². The standard InChI is InChI=1S/C15H19N3O3/c1-11-13-3-2-12(15(19)20)10-14(13)18(16-11)5-4-17-6-8-21-9-7-17/h2-3,10H,4-9H2,1H3,(H,19,20). The molecule has 2 aromatic rings. The maximum Gasteiger partial charge on any atom is 0.335 e. The Morgan fingerprint density at radius 3 is 2.81 bits per heavy atom. The fraction of sp³-hybridized carbons (Fsp3) is 0.467. The molecular weight excluding hydrogens is 270 g/mol. The summed E-state index contributed by atoms with van der Waals surface area (Å²) in [5, 5.41) is 14.7. The van der Waals surface area contributed by atoms with Crippen molar-refractivity contribution in [2.45, 2.75) is 13.5 Å². The quantitative estimate of drug-likeness (QED) is 0.921. The van der Waals surface area contributed by atoms with Crippen LogP contribution in [0.25, 0.3) is 10.9 Å². The zero-order valence-corrected chi connectivity index (χ0v) is 12.1. The van der Waals surface area contributed by atoms with Gasteiger partial charge in [0.25, 0.3) is 0 Å². The number of aryl methyl sites for hydroxylation is 1. The van der Waals surface area contributed by atoms with E-state index in [1.807, 2.05) is 17.7 Å². The third-order valence-electron chi connectivity index (χ3n) is 3.91. The molecule has 0 bridgehead atoms. The smallest absolute Gasteiger partial charge is 0.335 e. The second-order valence-corrected chi connectivity index (χ2v) is 5.30. The number of morpholine rings is 1. The van der Waals surface area contributed by atoms with Crippen LogP contribution in [0.3, 0.4) is 0 Å². The van der Waals surface area contributed by atoms with Crippen LogP contribution in [-0.2, 0) is 11.3 Å². The molecule has 3 rings (SSSR count). The Hall–Kier alpha value is -1.92. The number of fused-ring (bicyclic) bond motifs is 1. The van der Waals surface area contributed by atoms with Gasteiger partial charge in [-0.25, -0.2) is 4.79 Å². The molecule has 0 radical (unpaired) electrons. The van der Waals surface area contributed by atoms with E-state index in [0.29, 0.717) is 5.56 Å². The van der Waals surface area contributed by atoms with Gasteiger partial charge >= 0.3 is 5.97 Å². The number of aromatic nitrogens is 2. The summed E-state index contributed by atoms with van der Waals surface area (Å²) >= 11 is 0. The number of rotatable bonds is 4. The highest BCUT2D eigenvalue weighted by Gasteiger charge is 2.13. The highest BCUT2D eigenvalue weighted by Crippen LogP contribution is 2.20. The van der Waals surface area contributed by atoms with E-state index in [1.165, 1.54) is 0 Å². The van der Waals surface area contributed by atoms with Crippen molar-refractivity contribution in [2.24, 2.45) is 0 Å². The predicted molar refractivity (Wildman–Crippen MR) is 78.7 cm³/mol. The maximum atomic E-state index is 11.1. The predicted octanol–water partition coefficient (Wildman–Crippen LogP) is 1.38. The first-order chi connectivity index (χ1) is 10.1. The first kappa shape index (κ1) is 14.0. The molecule has 2 heterocycles. The van der Waals surface area contributed by atoms with E-state index in [4.69, 9.17) is 9.84 Å². The van der Waals surface area contributed by atoms with Gasteiger partial charge in [0.05, 0.1) is 36.5 Å². The van der Waals surface area contributed by atoms with Crippen molar-refractivity contribution in [2.75, 3.05) is 32.8 Å². The maximum absolute atomic E-state index is 11.1. The van der Waals surface area contributed by atoms with Crippen LogP contribution in [-0.4, -0.2) is 58.6 Å². The summed E-state index contributed by atoms with van der Waals surface area (Å²) in [6.45, 7) is 7.06. The number of benzene rings is 1. The third kappa shape index (κ3) is 2.91. The Balaban J connectivity index is 1.83. The van der Waals surface area contributed by atoms with Crippen LogP contribution in [0.4, 0.5) is 0 Å². The second-order valence-electron chi connectivity index (χ2n) is 5.30. The molecule has 0 saturated carbocycles. The molecule has 21 heavy (non-hydrogen) atoms. The molecule has 1 fully saturated rings. The van der Waals surface area contributed by atoms with Crippen molar-refractivity contribution in [3.63, 3.8) is 0 Å². The molecule has 1 aromatic carbocycles. The molecule has 112 valence electrons. The van der Waals surface area contributed by atoms with Crippen molar-refractivity contribution in [1.82, 2.24) is 14.7 Å². The molecule has 0 atom stereocenters. The average Bonchev–Trinajstić information content (AvgIpc) is 2.82. The molecule has 1 N–H and O–H groups in total. The molecule has 0 unspecified atom stereocenters.